The van der Waals surface area contributed by atoms with Crippen LogP contribution in [0, 0.1) is 11.3 Å². The van der Waals surface area contributed by atoms with E-state index in [4.69, 9.17) is 10.00 Å². The van der Waals surface area contributed by atoms with Gasteiger partial charge in [-0.2, -0.15) is 5.26 Å². The number of carbonyl (C=O) groups excluding carboxylic acids is 1. The number of amides is 1. The Kier molecular flexibility index (Phi) is 5.97. The van der Waals surface area contributed by atoms with Gasteiger partial charge in [0.05, 0.1) is 25.4 Å². The smallest absolute Gasteiger partial charge is 0.230 e. The van der Waals surface area contributed by atoms with E-state index in [0.29, 0.717) is 18.7 Å². The van der Waals surface area contributed by atoms with Gasteiger partial charge < -0.3 is 10.1 Å². The number of benzene rings is 1. The van der Waals surface area contributed by atoms with Gasteiger partial charge >= 0.3 is 0 Å². The molecule has 0 spiro atoms. The highest BCUT2D eigenvalue weighted by Gasteiger charge is 2.02. The molecule has 0 saturated carbocycles. The molecule has 17 heavy (non-hydrogen) atoms. The van der Waals surface area contributed by atoms with E-state index in [9.17, 15) is 4.79 Å². The van der Waals surface area contributed by atoms with Crippen molar-refractivity contribution in [2.75, 3.05) is 19.4 Å². The zero-order chi connectivity index (χ0) is 12.5. The zero-order valence-corrected chi connectivity index (χ0v) is 10.4. The number of nitriles is 1. The largest absolute Gasteiger partial charge is 0.497 e. The summed E-state index contributed by atoms with van der Waals surface area (Å²) >= 11 is 1.46. The van der Waals surface area contributed by atoms with Crippen molar-refractivity contribution in [2.24, 2.45) is 0 Å². The number of ether oxygens (including phenoxy) is 1. The Morgan fingerprint density at radius 3 is 2.76 bits per heavy atom. The maximum Gasteiger partial charge on any atom is 0.230 e. The zero-order valence-electron chi connectivity index (χ0n) is 9.60. The maximum absolute atomic E-state index is 11.3. The fraction of sp³-hybridized carbons (Fsp3) is 0.333. The van der Waals surface area contributed by atoms with Crippen molar-refractivity contribution < 1.29 is 9.53 Å². The summed E-state index contributed by atoms with van der Waals surface area (Å²) in [4.78, 5) is 12.4. The van der Waals surface area contributed by atoms with Crippen LogP contribution in [-0.2, 0) is 4.79 Å². The first-order valence-corrected chi connectivity index (χ1v) is 6.15. The Labute approximate surface area is 105 Å². The van der Waals surface area contributed by atoms with Crippen molar-refractivity contribution in [3.63, 3.8) is 0 Å². The number of carbonyl (C=O) groups is 1. The lowest BCUT2D eigenvalue weighted by molar-refractivity contribution is -0.118. The average molecular weight is 250 g/mol. The Morgan fingerprint density at radius 1 is 1.47 bits per heavy atom. The molecular weight excluding hydrogens is 236 g/mol. The van der Waals surface area contributed by atoms with Crippen LogP contribution in [0.5, 0.6) is 5.75 Å². The molecular formula is C12H14N2O2S. The van der Waals surface area contributed by atoms with Crippen molar-refractivity contribution in [1.82, 2.24) is 5.32 Å². The van der Waals surface area contributed by atoms with Gasteiger partial charge in [-0.1, -0.05) is 0 Å². The normalized spacial score (nSPS) is 9.41. The number of rotatable bonds is 6. The summed E-state index contributed by atoms with van der Waals surface area (Å²) in [6.45, 7) is 0.415. The first kappa shape index (κ1) is 13.4. The molecule has 1 rings (SSSR count). The van der Waals surface area contributed by atoms with Crippen molar-refractivity contribution in [1.29, 1.82) is 5.26 Å². The van der Waals surface area contributed by atoms with Gasteiger partial charge in [0, 0.05) is 11.4 Å². The summed E-state index contributed by atoms with van der Waals surface area (Å²) in [7, 11) is 1.62. The molecule has 0 bridgehead atoms. The van der Waals surface area contributed by atoms with Crippen molar-refractivity contribution in [2.45, 2.75) is 11.3 Å². The van der Waals surface area contributed by atoms with E-state index >= 15 is 0 Å². The van der Waals surface area contributed by atoms with E-state index in [2.05, 4.69) is 5.32 Å². The van der Waals surface area contributed by atoms with Gasteiger partial charge in [0.25, 0.3) is 0 Å². The number of hydrogen-bond donors (Lipinski definition) is 1. The van der Waals surface area contributed by atoms with Crippen LogP contribution < -0.4 is 10.1 Å². The summed E-state index contributed by atoms with van der Waals surface area (Å²) in [6, 6.07) is 9.51. The summed E-state index contributed by atoms with van der Waals surface area (Å²) in [5.74, 6) is 1.10. The molecule has 0 saturated heterocycles. The van der Waals surface area contributed by atoms with Crippen LogP contribution in [0.1, 0.15) is 6.42 Å². The number of nitrogens with zero attached hydrogens (tertiary/aromatic N) is 1. The van der Waals surface area contributed by atoms with Crippen LogP contribution in [0.3, 0.4) is 0 Å². The molecule has 0 aliphatic carbocycles. The Balaban J connectivity index is 2.29. The number of hydrogen-bond acceptors (Lipinski definition) is 4. The third kappa shape index (κ3) is 5.27. The average Bonchev–Trinajstić information content (AvgIpc) is 2.37. The van der Waals surface area contributed by atoms with E-state index in [0.717, 1.165) is 10.6 Å². The summed E-state index contributed by atoms with van der Waals surface area (Å²) in [5.41, 5.74) is 0. The second-order valence-electron chi connectivity index (χ2n) is 3.22. The summed E-state index contributed by atoms with van der Waals surface area (Å²) in [6.07, 6.45) is 0.346. The van der Waals surface area contributed by atoms with E-state index in [1.54, 1.807) is 7.11 Å². The van der Waals surface area contributed by atoms with Crippen LogP contribution in [0.15, 0.2) is 29.2 Å². The maximum atomic E-state index is 11.3. The highest BCUT2D eigenvalue weighted by atomic mass is 32.2. The van der Waals surface area contributed by atoms with E-state index < -0.39 is 0 Å². The lowest BCUT2D eigenvalue weighted by atomic mass is 10.3. The molecule has 0 heterocycles. The molecule has 1 aromatic carbocycles. The predicted molar refractivity (Wildman–Crippen MR) is 67.0 cm³/mol. The third-order valence-electron chi connectivity index (χ3n) is 1.99. The minimum Gasteiger partial charge on any atom is -0.497 e. The van der Waals surface area contributed by atoms with Gasteiger partial charge in [-0.15, -0.1) is 11.8 Å². The monoisotopic (exact) mass is 250 g/mol. The van der Waals surface area contributed by atoms with Gasteiger partial charge in [0.15, 0.2) is 0 Å². The molecule has 5 heteroatoms. The molecule has 1 amide bonds. The number of nitrogens with one attached hydrogen (secondary N) is 1. The Hall–Kier alpha value is -1.67. The first-order chi connectivity index (χ1) is 8.26. The van der Waals surface area contributed by atoms with Gasteiger partial charge in [-0.05, 0) is 24.3 Å². The lowest BCUT2D eigenvalue weighted by Crippen LogP contribution is -2.25. The summed E-state index contributed by atoms with van der Waals surface area (Å²) < 4.78 is 5.04. The topological polar surface area (TPSA) is 62.1 Å². The Morgan fingerprint density at radius 2 is 2.18 bits per heavy atom. The molecule has 0 unspecified atom stereocenters. The molecule has 4 nitrogen and oxygen atoms in total. The van der Waals surface area contributed by atoms with E-state index in [1.165, 1.54) is 11.8 Å². The van der Waals surface area contributed by atoms with Gasteiger partial charge in [0.1, 0.15) is 5.75 Å². The minimum absolute atomic E-state index is 0.0546. The van der Waals surface area contributed by atoms with Gasteiger partial charge in [-0.25, -0.2) is 0 Å². The molecule has 1 N–H and O–H groups in total. The quantitative estimate of drug-likeness (QED) is 0.618. The fourth-order valence-electron chi connectivity index (χ4n) is 1.13. The highest BCUT2D eigenvalue weighted by Crippen LogP contribution is 2.20. The minimum atomic E-state index is -0.0546. The summed E-state index contributed by atoms with van der Waals surface area (Å²) in [5, 5.41) is 11.0. The lowest BCUT2D eigenvalue weighted by Gasteiger charge is -2.04. The van der Waals surface area contributed by atoms with Crippen molar-refractivity contribution in [3.8, 4) is 11.8 Å². The third-order valence-corrected chi connectivity index (χ3v) is 3.00. The van der Waals surface area contributed by atoms with Crippen LogP contribution in [0.25, 0.3) is 0 Å². The first-order valence-electron chi connectivity index (χ1n) is 5.16. The Bertz CT molecular complexity index is 398. The highest BCUT2D eigenvalue weighted by molar-refractivity contribution is 8.00. The molecule has 0 radical (unpaired) electrons. The number of methoxy groups -OCH3 is 1. The second-order valence-corrected chi connectivity index (χ2v) is 4.27. The fourth-order valence-corrected chi connectivity index (χ4v) is 1.86. The van der Waals surface area contributed by atoms with Crippen LogP contribution in [-0.4, -0.2) is 25.3 Å². The van der Waals surface area contributed by atoms with E-state index in [1.807, 2.05) is 30.3 Å². The molecule has 1 aromatic rings. The van der Waals surface area contributed by atoms with Crippen LogP contribution in [0.2, 0.25) is 0 Å². The van der Waals surface area contributed by atoms with Crippen LogP contribution in [0.4, 0.5) is 0 Å². The SMILES string of the molecule is COc1ccc(SCC(=O)NCCC#N)cc1. The predicted octanol–water partition coefficient (Wildman–Crippen LogP) is 1.82. The van der Waals surface area contributed by atoms with Crippen molar-refractivity contribution in [3.05, 3.63) is 24.3 Å². The van der Waals surface area contributed by atoms with Gasteiger partial charge in [-0.3, -0.25) is 4.79 Å². The molecule has 0 aliphatic heterocycles. The molecule has 90 valence electrons. The second kappa shape index (κ2) is 7.58. The van der Waals surface area contributed by atoms with E-state index in [-0.39, 0.29) is 5.91 Å². The molecule has 0 atom stereocenters. The molecule has 0 aliphatic rings. The molecule has 0 aromatic heterocycles. The van der Waals surface area contributed by atoms with Gasteiger partial charge in [0.2, 0.25) is 5.91 Å². The van der Waals surface area contributed by atoms with Crippen LogP contribution >= 0.6 is 11.8 Å². The number of thioether (sulfide) groups is 1. The van der Waals surface area contributed by atoms with Crippen molar-refractivity contribution >= 4 is 17.7 Å². The standard InChI is InChI=1S/C12H14N2O2S/c1-16-10-3-5-11(6-4-10)17-9-12(15)14-8-2-7-13/h3-6H,2,8-9H2,1H3,(H,14,15). The molecule has 0 fully saturated rings.